The van der Waals surface area contributed by atoms with Crippen LogP contribution in [0.4, 0.5) is 26.3 Å². The lowest BCUT2D eigenvalue weighted by Crippen LogP contribution is -2.39. The summed E-state index contributed by atoms with van der Waals surface area (Å²) in [5.74, 6) is 0. The highest BCUT2D eigenvalue weighted by Crippen LogP contribution is 2.43. The number of rotatable bonds is 5. The number of nitrogens with one attached hydrogen (secondary N) is 1. The van der Waals surface area contributed by atoms with Gasteiger partial charge in [-0.3, -0.25) is 0 Å². The van der Waals surface area contributed by atoms with Gasteiger partial charge >= 0.3 is 12.4 Å². The SMILES string of the molecule is CC1(Sc2cccc(C(F)(F)F)c2)CCOC(C(=N)C=C(N)CC(F)(F)F)C1. The normalized spacial score (nSPS) is 24.2. The Balaban J connectivity index is 2.09. The van der Waals surface area contributed by atoms with Crippen LogP contribution in [-0.4, -0.2) is 29.3 Å². The van der Waals surface area contributed by atoms with E-state index in [0.717, 1.165) is 18.2 Å². The quantitative estimate of drug-likeness (QED) is 0.479. The Labute approximate surface area is 162 Å². The maximum Gasteiger partial charge on any atom is 0.416 e. The molecule has 156 valence electrons. The second-order valence-electron chi connectivity index (χ2n) is 6.86. The molecule has 1 aromatic rings. The molecule has 1 aliphatic rings. The van der Waals surface area contributed by atoms with E-state index in [0.29, 0.717) is 11.3 Å². The zero-order chi connectivity index (χ0) is 21.2. The summed E-state index contributed by atoms with van der Waals surface area (Å²) in [6.45, 7) is 2.08. The van der Waals surface area contributed by atoms with E-state index in [2.05, 4.69) is 0 Å². The van der Waals surface area contributed by atoms with Crippen molar-refractivity contribution in [2.75, 3.05) is 6.61 Å². The lowest BCUT2D eigenvalue weighted by atomic mass is 9.93. The number of thioether (sulfide) groups is 1. The van der Waals surface area contributed by atoms with Crippen molar-refractivity contribution in [3.63, 3.8) is 0 Å². The van der Waals surface area contributed by atoms with Gasteiger partial charge in [0.25, 0.3) is 0 Å². The van der Waals surface area contributed by atoms with Crippen molar-refractivity contribution in [2.24, 2.45) is 5.73 Å². The van der Waals surface area contributed by atoms with Crippen molar-refractivity contribution in [2.45, 2.75) is 54.3 Å². The molecule has 0 aliphatic carbocycles. The maximum absolute atomic E-state index is 12.9. The summed E-state index contributed by atoms with van der Waals surface area (Å²) in [7, 11) is 0. The molecule has 0 radical (unpaired) electrons. The van der Waals surface area contributed by atoms with Crippen LogP contribution < -0.4 is 5.73 Å². The van der Waals surface area contributed by atoms with Crippen LogP contribution in [0.2, 0.25) is 0 Å². The van der Waals surface area contributed by atoms with Gasteiger partial charge in [0.05, 0.1) is 17.7 Å². The van der Waals surface area contributed by atoms with Crippen molar-refractivity contribution >= 4 is 17.5 Å². The maximum atomic E-state index is 12.9. The molecular weight excluding hydrogens is 406 g/mol. The van der Waals surface area contributed by atoms with Crippen LogP contribution in [0.1, 0.15) is 31.7 Å². The number of nitrogens with two attached hydrogens (primary N) is 1. The molecule has 1 heterocycles. The Kier molecular flexibility index (Phi) is 6.75. The second-order valence-corrected chi connectivity index (χ2v) is 8.52. The van der Waals surface area contributed by atoms with Gasteiger partial charge in [0.1, 0.15) is 6.10 Å². The van der Waals surface area contributed by atoms with E-state index in [1.54, 1.807) is 6.07 Å². The number of halogens is 6. The van der Waals surface area contributed by atoms with E-state index < -0.39 is 40.9 Å². The number of allylic oxidation sites excluding steroid dienone is 1. The molecule has 0 aromatic heterocycles. The second kappa shape index (κ2) is 8.36. The molecule has 0 amide bonds. The van der Waals surface area contributed by atoms with E-state index in [9.17, 15) is 26.3 Å². The molecule has 1 fully saturated rings. The predicted molar refractivity (Wildman–Crippen MR) is 95.3 cm³/mol. The molecule has 2 unspecified atom stereocenters. The highest BCUT2D eigenvalue weighted by Gasteiger charge is 2.37. The van der Waals surface area contributed by atoms with E-state index in [1.807, 2.05) is 6.92 Å². The van der Waals surface area contributed by atoms with Crippen LogP contribution in [-0.2, 0) is 10.9 Å². The smallest absolute Gasteiger partial charge is 0.402 e. The van der Waals surface area contributed by atoms with E-state index in [1.165, 1.54) is 17.8 Å². The van der Waals surface area contributed by atoms with Crippen LogP contribution in [0.5, 0.6) is 0 Å². The summed E-state index contributed by atoms with van der Waals surface area (Å²) in [5, 5.41) is 7.99. The average molecular weight is 426 g/mol. The molecule has 1 saturated heterocycles. The predicted octanol–water partition coefficient (Wildman–Crippen LogP) is 5.55. The Morgan fingerprint density at radius 1 is 1.32 bits per heavy atom. The fraction of sp³-hybridized carbons (Fsp3) is 0.500. The van der Waals surface area contributed by atoms with Gasteiger partial charge in [-0.15, -0.1) is 11.8 Å². The number of hydrogen-bond donors (Lipinski definition) is 2. The molecule has 3 nitrogen and oxygen atoms in total. The Bertz CT molecular complexity index is 746. The van der Waals surface area contributed by atoms with Crippen LogP contribution >= 0.6 is 11.8 Å². The van der Waals surface area contributed by atoms with E-state index in [-0.39, 0.29) is 18.7 Å². The highest BCUT2D eigenvalue weighted by atomic mass is 32.2. The molecule has 2 atom stereocenters. The fourth-order valence-electron chi connectivity index (χ4n) is 2.86. The molecule has 0 spiro atoms. The number of alkyl halides is 6. The first-order chi connectivity index (χ1) is 12.8. The summed E-state index contributed by atoms with van der Waals surface area (Å²) in [6.07, 6.45) is -9.27. The Morgan fingerprint density at radius 3 is 2.61 bits per heavy atom. The monoisotopic (exact) mass is 426 g/mol. The summed E-state index contributed by atoms with van der Waals surface area (Å²) in [4.78, 5) is 0.427. The van der Waals surface area contributed by atoms with Crippen LogP contribution in [0.25, 0.3) is 0 Å². The Morgan fingerprint density at radius 2 is 2.00 bits per heavy atom. The van der Waals surface area contributed by atoms with Crippen LogP contribution in [0.3, 0.4) is 0 Å². The number of ether oxygens (including phenoxy) is 1. The van der Waals surface area contributed by atoms with E-state index in [4.69, 9.17) is 15.9 Å². The standard InChI is InChI=1S/C18H20F6N2OS/c1-16(28-13-4-2-3-11(7-13)18(22,23)24)5-6-27-15(10-16)14(26)8-12(25)9-17(19,20)21/h2-4,7-8,15,26H,5-6,9-10,25H2,1H3. The molecule has 1 aromatic carbocycles. The van der Waals surface area contributed by atoms with E-state index >= 15 is 0 Å². The molecule has 10 heteroatoms. The molecule has 1 aliphatic heterocycles. The lowest BCUT2D eigenvalue weighted by molar-refractivity contribution is -0.137. The third-order valence-corrected chi connectivity index (χ3v) is 5.54. The zero-order valence-corrected chi connectivity index (χ0v) is 15.8. The fourth-order valence-corrected chi connectivity index (χ4v) is 4.18. The first-order valence-corrected chi connectivity index (χ1v) is 9.18. The first kappa shape index (κ1) is 22.6. The molecule has 0 saturated carbocycles. The van der Waals surface area contributed by atoms with Crippen molar-refractivity contribution < 1.29 is 31.1 Å². The van der Waals surface area contributed by atoms with Crippen LogP contribution in [0.15, 0.2) is 40.9 Å². The molecule has 28 heavy (non-hydrogen) atoms. The molecule has 2 rings (SSSR count). The van der Waals surface area contributed by atoms with Gasteiger partial charge in [0.2, 0.25) is 0 Å². The van der Waals surface area contributed by atoms with Gasteiger partial charge in [-0.05, 0) is 44.0 Å². The topological polar surface area (TPSA) is 59.1 Å². The largest absolute Gasteiger partial charge is 0.416 e. The number of hydrogen-bond acceptors (Lipinski definition) is 4. The first-order valence-electron chi connectivity index (χ1n) is 8.37. The highest BCUT2D eigenvalue weighted by molar-refractivity contribution is 8.00. The minimum atomic E-state index is -4.47. The van der Waals surface area contributed by atoms with Gasteiger partial charge < -0.3 is 15.9 Å². The van der Waals surface area contributed by atoms with Crippen molar-refractivity contribution in [1.29, 1.82) is 5.41 Å². The average Bonchev–Trinajstić information content (AvgIpc) is 2.52. The third kappa shape index (κ3) is 6.73. The summed E-state index contributed by atoms with van der Waals surface area (Å²) >= 11 is 1.24. The minimum Gasteiger partial charge on any atom is -0.402 e. The summed E-state index contributed by atoms with van der Waals surface area (Å²) in [6, 6.07) is 4.95. The van der Waals surface area contributed by atoms with Gasteiger partial charge in [-0.1, -0.05) is 6.07 Å². The Hall–Kier alpha value is -1.68. The van der Waals surface area contributed by atoms with Gasteiger partial charge in [-0.25, -0.2) is 0 Å². The van der Waals surface area contributed by atoms with Crippen molar-refractivity contribution in [3.05, 3.63) is 41.6 Å². The summed E-state index contributed by atoms with van der Waals surface area (Å²) in [5.41, 5.74) is 3.93. The minimum absolute atomic E-state index is 0.183. The molecule has 3 N–H and O–H groups in total. The number of benzene rings is 1. The van der Waals surface area contributed by atoms with Gasteiger partial charge in [0, 0.05) is 21.9 Å². The summed E-state index contributed by atoms with van der Waals surface area (Å²) < 4.78 is 80.7. The van der Waals surface area contributed by atoms with Gasteiger partial charge in [-0.2, -0.15) is 26.3 Å². The lowest BCUT2D eigenvalue weighted by Gasteiger charge is -2.37. The van der Waals surface area contributed by atoms with Crippen molar-refractivity contribution in [1.82, 2.24) is 0 Å². The third-order valence-electron chi connectivity index (χ3n) is 4.19. The van der Waals surface area contributed by atoms with Gasteiger partial charge in [0.15, 0.2) is 0 Å². The molecule has 0 bridgehead atoms. The zero-order valence-electron chi connectivity index (χ0n) is 15.0. The van der Waals surface area contributed by atoms with Crippen molar-refractivity contribution in [3.8, 4) is 0 Å². The van der Waals surface area contributed by atoms with Crippen LogP contribution in [0, 0.1) is 5.41 Å². The molecular formula is C18H20F6N2OS.